The predicted molar refractivity (Wildman–Crippen MR) is 72.4 cm³/mol. The van der Waals surface area contributed by atoms with E-state index >= 15 is 0 Å². The lowest BCUT2D eigenvalue weighted by molar-refractivity contribution is -0.127. The van der Waals surface area contributed by atoms with E-state index in [4.69, 9.17) is 5.73 Å². The molecular formula is C13H23N5O. The summed E-state index contributed by atoms with van der Waals surface area (Å²) in [5.41, 5.74) is 5.24. The van der Waals surface area contributed by atoms with Crippen LogP contribution in [0.4, 0.5) is 0 Å². The number of aromatic nitrogens is 3. The van der Waals surface area contributed by atoms with E-state index in [2.05, 4.69) is 15.4 Å². The number of nitrogens with zero attached hydrogens (tertiary/aromatic N) is 3. The second-order valence-corrected chi connectivity index (χ2v) is 5.58. The highest BCUT2D eigenvalue weighted by atomic mass is 16.2. The summed E-state index contributed by atoms with van der Waals surface area (Å²) in [4.78, 5) is 16.7. The highest BCUT2D eigenvalue weighted by Gasteiger charge is 2.32. The van der Waals surface area contributed by atoms with Gasteiger partial charge in [-0.3, -0.25) is 4.79 Å². The van der Waals surface area contributed by atoms with Gasteiger partial charge in [0.1, 0.15) is 11.6 Å². The quantitative estimate of drug-likeness (QED) is 0.852. The molecule has 6 nitrogen and oxygen atoms in total. The average Bonchev–Trinajstić information content (AvgIpc) is 2.70. The minimum Gasteiger partial charge on any atom is -0.344 e. The third-order valence-electron chi connectivity index (χ3n) is 3.57. The fraction of sp³-hybridized carbons (Fsp3) is 0.769. The molecule has 1 aromatic heterocycles. The number of nitrogens with one attached hydrogen (secondary N) is 1. The van der Waals surface area contributed by atoms with Crippen molar-refractivity contribution in [3.05, 3.63) is 11.6 Å². The predicted octanol–water partition coefficient (Wildman–Crippen LogP) is 1.06. The van der Waals surface area contributed by atoms with Gasteiger partial charge in [-0.25, -0.2) is 9.67 Å². The van der Waals surface area contributed by atoms with Gasteiger partial charge in [-0.15, -0.1) is 0 Å². The number of fused-ring (bicyclic) bond motifs is 1. The molecule has 19 heavy (non-hydrogen) atoms. The molecule has 6 heteroatoms. The van der Waals surface area contributed by atoms with Gasteiger partial charge < -0.3 is 11.1 Å². The van der Waals surface area contributed by atoms with Crippen molar-refractivity contribution in [3.8, 4) is 0 Å². The van der Waals surface area contributed by atoms with Crippen molar-refractivity contribution in [1.82, 2.24) is 20.1 Å². The van der Waals surface area contributed by atoms with Crippen molar-refractivity contribution >= 4 is 5.91 Å². The van der Waals surface area contributed by atoms with Crippen LogP contribution in [-0.2, 0) is 11.3 Å². The summed E-state index contributed by atoms with van der Waals surface area (Å²) in [6, 6.07) is -0.0674. The number of nitrogens with two attached hydrogens (primary N) is 1. The molecule has 1 amide bonds. The Morgan fingerprint density at radius 1 is 1.63 bits per heavy atom. The van der Waals surface area contributed by atoms with Crippen LogP contribution in [0.1, 0.15) is 57.2 Å². The van der Waals surface area contributed by atoms with E-state index in [1.807, 2.05) is 18.5 Å². The third-order valence-corrected chi connectivity index (χ3v) is 3.57. The van der Waals surface area contributed by atoms with E-state index in [9.17, 15) is 4.79 Å². The SMILES string of the molecule is CCCC(C)(N)C(=O)NC1CCCn2nc(C)nc21. The van der Waals surface area contributed by atoms with E-state index < -0.39 is 5.54 Å². The van der Waals surface area contributed by atoms with Crippen molar-refractivity contribution in [3.63, 3.8) is 0 Å². The number of hydrogen-bond acceptors (Lipinski definition) is 4. The second-order valence-electron chi connectivity index (χ2n) is 5.58. The summed E-state index contributed by atoms with van der Waals surface area (Å²) < 4.78 is 1.89. The molecule has 106 valence electrons. The van der Waals surface area contributed by atoms with E-state index in [-0.39, 0.29) is 11.9 Å². The lowest BCUT2D eigenvalue weighted by atomic mass is 9.95. The van der Waals surface area contributed by atoms with E-state index in [0.29, 0.717) is 6.42 Å². The molecule has 0 spiro atoms. The Balaban J connectivity index is 2.10. The molecule has 1 aromatic rings. The molecule has 1 aliphatic heterocycles. The molecule has 2 unspecified atom stereocenters. The van der Waals surface area contributed by atoms with Crippen molar-refractivity contribution < 1.29 is 4.79 Å². The van der Waals surface area contributed by atoms with Gasteiger partial charge in [-0.05, 0) is 33.1 Å². The summed E-state index contributed by atoms with van der Waals surface area (Å²) >= 11 is 0. The molecule has 0 saturated carbocycles. The van der Waals surface area contributed by atoms with Crippen molar-refractivity contribution in [2.75, 3.05) is 0 Å². The minimum atomic E-state index is -0.813. The van der Waals surface area contributed by atoms with Crippen LogP contribution in [0.2, 0.25) is 0 Å². The first-order valence-corrected chi connectivity index (χ1v) is 6.95. The third kappa shape index (κ3) is 2.94. The second kappa shape index (κ2) is 5.28. The molecule has 0 saturated heterocycles. The van der Waals surface area contributed by atoms with Gasteiger partial charge in [-0.1, -0.05) is 13.3 Å². The number of rotatable bonds is 4. The van der Waals surface area contributed by atoms with Gasteiger partial charge >= 0.3 is 0 Å². The molecule has 2 rings (SSSR count). The maximum Gasteiger partial charge on any atom is 0.240 e. The zero-order valence-electron chi connectivity index (χ0n) is 11.9. The van der Waals surface area contributed by atoms with Crippen LogP contribution < -0.4 is 11.1 Å². The van der Waals surface area contributed by atoms with E-state index in [1.165, 1.54) is 0 Å². The van der Waals surface area contributed by atoms with Crippen molar-refractivity contribution in [2.24, 2.45) is 5.73 Å². The number of carbonyl (C=O) groups excluding carboxylic acids is 1. The zero-order chi connectivity index (χ0) is 14.0. The summed E-state index contributed by atoms with van der Waals surface area (Å²) in [6.07, 6.45) is 3.46. The highest BCUT2D eigenvalue weighted by Crippen LogP contribution is 2.24. The largest absolute Gasteiger partial charge is 0.344 e. The summed E-state index contributed by atoms with van der Waals surface area (Å²) in [7, 11) is 0. The Bertz CT molecular complexity index is 466. The smallest absolute Gasteiger partial charge is 0.240 e. The van der Waals surface area contributed by atoms with Crippen LogP contribution in [0.25, 0.3) is 0 Å². The molecule has 2 heterocycles. The van der Waals surface area contributed by atoms with Crippen LogP contribution >= 0.6 is 0 Å². The molecular weight excluding hydrogens is 242 g/mol. The fourth-order valence-electron chi connectivity index (χ4n) is 2.56. The van der Waals surface area contributed by atoms with E-state index in [1.54, 1.807) is 6.92 Å². The molecule has 0 aliphatic carbocycles. The van der Waals surface area contributed by atoms with Crippen LogP contribution in [0.5, 0.6) is 0 Å². The number of carbonyl (C=O) groups is 1. The Kier molecular flexibility index (Phi) is 3.89. The molecule has 0 aromatic carbocycles. The standard InChI is InChI=1S/C13H23N5O/c1-4-7-13(3,14)12(19)16-10-6-5-8-18-11(10)15-9(2)17-18/h10H,4-8,14H2,1-3H3,(H,16,19). The van der Waals surface area contributed by atoms with Crippen LogP contribution in [-0.4, -0.2) is 26.2 Å². The monoisotopic (exact) mass is 265 g/mol. The maximum atomic E-state index is 12.2. The summed E-state index contributed by atoms with van der Waals surface area (Å²) in [5, 5.41) is 7.36. The Morgan fingerprint density at radius 3 is 3.05 bits per heavy atom. The summed E-state index contributed by atoms with van der Waals surface area (Å²) in [6.45, 7) is 6.55. The van der Waals surface area contributed by atoms with Gasteiger partial charge in [0.05, 0.1) is 11.6 Å². The maximum absolute atomic E-state index is 12.2. The molecule has 0 fully saturated rings. The van der Waals surface area contributed by atoms with Gasteiger partial charge in [0, 0.05) is 6.54 Å². The zero-order valence-corrected chi connectivity index (χ0v) is 11.9. The average molecular weight is 265 g/mol. The van der Waals surface area contributed by atoms with Crippen LogP contribution in [0.15, 0.2) is 0 Å². The van der Waals surface area contributed by atoms with Crippen molar-refractivity contribution in [1.29, 1.82) is 0 Å². The first-order chi connectivity index (χ1) is 8.94. The van der Waals surface area contributed by atoms with E-state index in [0.717, 1.165) is 37.5 Å². The first kappa shape index (κ1) is 14.0. The Morgan fingerprint density at radius 2 is 2.37 bits per heavy atom. The topological polar surface area (TPSA) is 85.8 Å². The summed E-state index contributed by atoms with van der Waals surface area (Å²) in [5.74, 6) is 1.50. The molecule has 0 radical (unpaired) electrons. The van der Waals surface area contributed by atoms with Gasteiger partial charge in [0.25, 0.3) is 0 Å². The van der Waals surface area contributed by atoms with Crippen molar-refractivity contribution in [2.45, 2.75) is 64.6 Å². The number of aryl methyl sites for hydroxylation is 2. The Labute approximate surface area is 113 Å². The van der Waals surface area contributed by atoms with Crippen LogP contribution in [0.3, 0.4) is 0 Å². The molecule has 3 N–H and O–H groups in total. The molecule has 0 bridgehead atoms. The minimum absolute atomic E-state index is 0.0674. The normalized spacial score (nSPS) is 21.6. The molecule has 1 aliphatic rings. The van der Waals surface area contributed by atoms with Crippen LogP contribution in [0, 0.1) is 6.92 Å². The lowest BCUT2D eigenvalue weighted by Gasteiger charge is -2.28. The number of hydrogen-bond donors (Lipinski definition) is 2. The fourth-order valence-corrected chi connectivity index (χ4v) is 2.56. The van der Waals surface area contributed by atoms with Gasteiger partial charge in [0.15, 0.2) is 0 Å². The lowest BCUT2D eigenvalue weighted by Crippen LogP contribution is -2.52. The van der Waals surface area contributed by atoms with Gasteiger partial charge in [-0.2, -0.15) is 5.10 Å². The number of amides is 1. The Hall–Kier alpha value is -1.43. The molecule has 2 atom stereocenters. The first-order valence-electron chi connectivity index (χ1n) is 6.95. The highest BCUT2D eigenvalue weighted by molar-refractivity contribution is 5.85. The van der Waals surface area contributed by atoms with Gasteiger partial charge in [0.2, 0.25) is 5.91 Å².